The number of nitrogens with two attached hydrogens (primary N) is 1. The summed E-state index contributed by atoms with van der Waals surface area (Å²) in [6, 6.07) is 16.1. The minimum Gasteiger partial charge on any atom is -0.468 e. The minimum absolute atomic E-state index is 0.190. The van der Waals surface area contributed by atoms with Gasteiger partial charge in [0.2, 0.25) is 5.95 Å². The fourth-order valence-electron chi connectivity index (χ4n) is 4.85. The molecule has 0 bridgehead atoms. The summed E-state index contributed by atoms with van der Waals surface area (Å²) in [6.45, 7) is 3.72. The quantitative estimate of drug-likeness (QED) is 0.370. The summed E-state index contributed by atoms with van der Waals surface area (Å²) < 4.78 is 6.89. The first kappa shape index (κ1) is 23.2. The summed E-state index contributed by atoms with van der Waals surface area (Å²) in [6.07, 6.45) is 4.20. The highest BCUT2D eigenvalue weighted by Gasteiger charge is 2.29. The molecule has 0 atom stereocenters. The molecule has 4 aromatic rings. The number of nitrogens with zero attached hydrogens (tertiary/aromatic N) is 6. The molecule has 3 aromatic heterocycles. The molecule has 0 spiro atoms. The van der Waals surface area contributed by atoms with Crippen LogP contribution in [0.5, 0.6) is 0 Å². The molecule has 0 amide bonds. The summed E-state index contributed by atoms with van der Waals surface area (Å²) in [5.74, 6) is 2.12. The van der Waals surface area contributed by atoms with Gasteiger partial charge in [-0.1, -0.05) is 6.07 Å². The van der Waals surface area contributed by atoms with Gasteiger partial charge in [-0.3, -0.25) is 14.3 Å². The molecule has 37 heavy (non-hydrogen) atoms. The Morgan fingerprint density at radius 1 is 1.08 bits per heavy atom. The lowest BCUT2D eigenvalue weighted by molar-refractivity contribution is -0.142. The Bertz CT molecular complexity index is 1420. The van der Waals surface area contributed by atoms with Crippen molar-refractivity contribution in [2.45, 2.75) is 18.8 Å². The van der Waals surface area contributed by atoms with Crippen molar-refractivity contribution in [3.63, 3.8) is 0 Å². The smallest absolute Gasteiger partial charge is 0.319 e. The molecular formula is C27H30N8O2. The van der Waals surface area contributed by atoms with E-state index in [1.807, 2.05) is 30.5 Å². The van der Waals surface area contributed by atoms with Gasteiger partial charge in [-0.2, -0.15) is 4.98 Å². The van der Waals surface area contributed by atoms with Crippen LogP contribution in [0.3, 0.4) is 0 Å². The molecule has 2 aliphatic rings. The van der Waals surface area contributed by atoms with Crippen molar-refractivity contribution in [3.8, 4) is 5.82 Å². The number of pyridine rings is 1. The number of aromatic nitrogens is 4. The average Bonchev–Trinajstić information content (AvgIpc) is 3.70. The van der Waals surface area contributed by atoms with Gasteiger partial charge in [0.1, 0.15) is 11.6 Å². The van der Waals surface area contributed by atoms with E-state index in [-0.39, 0.29) is 5.97 Å². The van der Waals surface area contributed by atoms with E-state index < -0.39 is 0 Å². The summed E-state index contributed by atoms with van der Waals surface area (Å²) in [4.78, 5) is 30.0. The third-order valence-corrected chi connectivity index (χ3v) is 6.99. The number of nitrogens with one attached hydrogen (secondary N) is 1. The third kappa shape index (κ3) is 4.92. The Morgan fingerprint density at radius 3 is 2.57 bits per heavy atom. The summed E-state index contributed by atoms with van der Waals surface area (Å²) in [5, 5.41) is 4.33. The maximum absolute atomic E-state index is 11.5. The van der Waals surface area contributed by atoms with Gasteiger partial charge in [0.05, 0.1) is 13.7 Å². The lowest BCUT2D eigenvalue weighted by atomic mass is 10.2. The second kappa shape index (κ2) is 9.70. The highest BCUT2D eigenvalue weighted by molar-refractivity contribution is 5.80. The second-order valence-corrected chi connectivity index (χ2v) is 9.58. The highest BCUT2D eigenvalue weighted by atomic mass is 16.5. The number of carbonyl (C=O) groups is 1. The molecule has 1 aliphatic carbocycles. The van der Waals surface area contributed by atoms with Gasteiger partial charge in [0, 0.05) is 54.8 Å². The molecule has 1 aliphatic heterocycles. The van der Waals surface area contributed by atoms with Crippen LogP contribution in [0, 0.1) is 0 Å². The fourth-order valence-corrected chi connectivity index (χ4v) is 4.85. The van der Waals surface area contributed by atoms with Crippen molar-refractivity contribution < 1.29 is 9.53 Å². The van der Waals surface area contributed by atoms with Crippen LogP contribution in [0.1, 0.15) is 24.5 Å². The van der Waals surface area contributed by atoms with E-state index in [9.17, 15) is 4.79 Å². The van der Waals surface area contributed by atoms with Crippen LogP contribution >= 0.6 is 0 Å². The van der Waals surface area contributed by atoms with Crippen LogP contribution in [0.25, 0.3) is 16.9 Å². The zero-order valence-corrected chi connectivity index (χ0v) is 20.8. The number of fused-ring (bicyclic) bond motifs is 1. The van der Waals surface area contributed by atoms with Crippen molar-refractivity contribution in [1.82, 2.24) is 24.4 Å². The molecule has 1 aromatic carbocycles. The van der Waals surface area contributed by atoms with Gasteiger partial charge in [0.25, 0.3) is 0 Å². The molecule has 0 unspecified atom stereocenters. The number of anilines is 4. The summed E-state index contributed by atoms with van der Waals surface area (Å²) in [7, 11) is 1.43. The Labute approximate surface area is 215 Å². The lowest BCUT2D eigenvalue weighted by Crippen LogP contribution is -2.48. The number of piperazine rings is 1. The van der Waals surface area contributed by atoms with Crippen LogP contribution in [0.15, 0.2) is 54.7 Å². The fraction of sp³-hybridized carbons (Fsp3) is 0.333. The van der Waals surface area contributed by atoms with Gasteiger partial charge < -0.3 is 20.7 Å². The number of methoxy groups -OCH3 is 1. The topological polar surface area (TPSA) is 114 Å². The first-order valence-corrected chi connectivity index (χ1v) is 12.6. The molecule has 10 heteroatoms. The summed E-state index contributed by atoms with van der Waals surface area (Å²) >= 11 is 0. The van der Waals surface area contributed by atoms with Crippen molar-refractivity contribution in [2.75, 3.05) is 55.8 Å². The van der Waals surface area contributed by atoms with E-state index in [4.69, 9.17) is 15.5 Å². The molecular weight excluding hydrogens is 468 g/mol. The van der Waals surface area contributed by atoms with Gasteiger partial charge in [-0.25, -0.2) is 9.97 Å². The Balaban J connectivity index is 1.19. The van der Waals surface area contributed by atoms with Gasteiger partial charge in [0.15, 0.2) is 5.65 Å². The van der Waals surface area contributed by atoms with Gasteiger partial charge >= 0.3 is 5.97 Å². The number of rotatable bonds is 7. The van der Waals surface area contributed by atoms with Crippen LogP contribution < -0.4 is 16.0 Å². The number of esters is 1. The van der Waals surface area contributed by atoms with E-state index in [2.05, 4.69) is 47.9 Å². The van der Waals surface area contributed by atoms with Crippen LogP contribution in [0.2, 0.25) is 0 Å². The first-order chi connectivity index (χ1) is 18.1. The number of nitrogen functional groups attached to an aromatic ring is 1. The van der Waals surface area contributed by atoms with E-state index in [0.29, 0.717) is 24.2 Å². The van der Waals surface area contributed by atoms with Crippen molar-refractivity contribution in [2.24, 2.45) is 0 Å². The zero-order chi connectivity index (χ0) is 25.4. The molecule has 1 saturated carbocycles. The molecule has 6 rings (SSSR count). The standard InChI is InChI=1S/C27H30N8O2/c1-37-25(36)17-33-11-13-34(14-12-33)21-9-7-20(8-10-21)30-27-29-16-19-15-22(18-5-6-18)35(26(19)32-27)24-4-2-3-23(28)31-24/h2-4,7-10,15-16,18H,5-6,11-14,17H2,1H3,(H2,28,31)(H,29,30,32). The van der Waals surface area contributed by atoms with Gasteiger partial charge in [-0.15, -0.1) is 0 Å². The first-order valence-electron chi connectivity index (χ1n) is 12.6. The van der Waals surface area contributed by atoms with E-state index in [1.54, 1.807) is 6.07 Å². The highest BCUT2D eigenvalue weighted by Crippen LogP contribution is 2.43. The van der Waals surface area contributed by atoms with E-state index in [0.717, 1.165) is 54.4 Å². The Kier molecular flexibility index (Phi) is 6.09. The summed E-state index contributed by atoms with van der Waals surface area (Å²) in [5.41, 5.74) is 10.1. The maximum atomic E-state index is 11.5. The van der Waals surface area contributed by atoms with Crippen molar-refractivity contribution in [3.05, 3.63) is 60.4 Å². The molecule has 10 nitrogen and oxygen atoms in total. The number of hydrogen-bond donors (Lipinski definition) is 2. The largest absolute Gasteiger partial charge is 0.468 e. The zero-order valence-electron chi connectivity index (χ0n) is 20.8. The third-order valence-electron chi connectivity index (χ3n) is 6.99. The van der Waals surface area contributed by atoms with Crippen LogP contribution in [-0.4, -0.2) is 70.2 Å². The predicted molar refractivity (Wildman–Crippen MR) is 143 cm³/mol. The Morgan fingerprint density at radius 2 is 1.86 bits per heavy atom. The number of benzene rings is 1. The molecule has 3 N–H and O–H groups in total. The molecule has 1 saturated heterocycles. The van der Waals surface area contributed by atoms with Gasteiger partial charge in [-0.05, 0) is 61.2 Å². The lowest BCUT2D eigenvalue weighted by Gasteiger charge is -2.35. The minimum atomic E-state index is -0.190. The van der Waals surface area contributed by atoms with Crippen molar-refractivity contribution in [1.29, 1.82) is 0 Å². The van der Waals surface area contributed by atoms with Crippen LogP contribution in [0.4, 0.5) is 23.1 Å². The molecule has 190 valence electrons. The van der Waals surface area contributed by atoms with Crippen LogP contribution in [-0.2, 0) is 9.53 Å². The number of hydrogen-bond acceptors (Lipinski definition) is 9. The van der Waals surface area contributed by atoms with E-state index in [1.165, 1.54) is 25.6 Å². The molecule has 0 radical (unpaired) electrons. The Hall–Kier alpha value is -4.18. The van der Waals surface area contributed by atoms with E-state index >= 15 is 0 Å². The number of ether oxygens (including phenoxy) is 1. The maximum Gasteiger partial charge on any atom is 0.319 e. The van der Waals surface area contributed by atoms with Crippen molar-refractivity contribution >= 4 is 40.1 Å². The molecule has 4 heterocycles. The second-order valence-electron chi connectivity index (χ2n) is 9.58. The molecule has 2 fully saturated rings. The number of carbonyl (C=O) groups excluding carboxylic acids is 1. The SMILES string of the molecule is COC(=O)CN1CCN(c2ccc(Nc3ncc4cc(C5CC5)n(-c5cccc(N)n5)c4n3)cc2)CC1. The predicted octanol–water partition coefficient (Wildman–Crippen LogP) is 3.31. The average molecular weight is 499 g/mol. The monoisotopic (exact) mass is 498 g/mol. The normalized spacial score (nSPS) is 16.2.